The van der Waals surface area contributed by atoms with Crippen LogP contribution in [0.15, 0.2) is 64.1 Å². The van der Waals surface area contributed by atoms with Crippen LogP contribution in [-0.2, 0) is 5.75 Å². The van der Waals surface area contributed by atoms with Gasteiger partial charge < -0.3 is 14.0 Å². The summed E-state index contributed by atoms with van der Waals surface area (Å²) < 4.78 is 29.3. The summed E-state index contributed by atoms with van der Waals surface area (Å²) in [7, 11) is 1.59. The Morgan fingerprint density at radius 2 is 1.77 bits per heavy atom. The van der Waals surface area contributed by atoms with E-state index in [1.165, 1.54) is 23.9 Å². The highest BCUT2D eigenvalue weighted by Crippen LogP contribution is 2.32. The predicted octanol–water partition coefficient (Wildman–Crippen LogP) is 5.03. The number of ether oxygens (including phenoxy) is 2. The second-order valence-electron chi connectivity index (χ2n) is 6.36. The van der Waals surface area contributed by atoms with Crippen molar-refractivity contribution >= 4 is 11.8 Å². The van der Waals surface area contributed by atoms with Gasteiger partial charge in [0.15, 0.2) is 11.5 Å². The van der Waals surface area contributed by atoms with Crippen molar-refractivity contribution < 1.29 is 18.4 Å². The van der Waals surface area contributed by atoms with Crippen molar-refractivity contribution in [2.45, 2.75) is 17.7 Å². The summed E-state index contributed by atoms with van der Waals surface area (Å²) in [5, 5.41) is 13.2. The molecule has 2 aromatic carbocycles. The summed E-state index contributed by atoms with van der Waals surface area (Å²) in [6.45, 7) is 2.46. The molecule has 2 aromatic heterocycles. The molecule has 0 aliphatic rings. The molecule has 0 spiro atoms. The van der Waals surface area contributed by atoms with Crippen molar-refractivity contribution in [1.82, 2.24) is 20.3 Å². The van der Waals surface area contributed by atoms with Gasteiger partial charge >= 0.3 is 0 Å². The average molecular weight is 438 g/mol. The Kier molecular flexibility index (Phi) is 6.42. The average Bonchev–Trinajstić information content (AvgIpc) is 3.28. The highest BCUT2D eigenvalue weighted by Gasteiger charge is 2.13. The van der Waals surface area contributed by atoms with E-state index in [1.807, 2.05) is 37.3 Å². The van der Waals surface area contributed by atoms with Gasteiger partial charge in [-0.25, -0.2) is 4.39 Å². The molecule has 4 rings (SSSR count). The third-order valence-corrected chi connectivity index (χ3v) is 5.22. The molecule has 0 saturated carbocycles. The lowest BCUT2D eigenvalue weighted by Crippen LogP contribution is -1.95. The molecule has 7 nitrogen and oxygen atoms in total. The minimum Gasteiger partial charge on any atom is -0.493 e. The third-order valence-electron chi connectivity index (χ3n) is 4.31. The molecule has 2 heterocycles. The largest absolute Gasteiger partial charge is 0.493 e. The molecule has 0 unspecified atom stereocenters. The molecule has 0 radical (unpaired) electrons. The summed E-state index contributed by atoms with van der Waals surface area (Å²) in [6, 6.07) is 15.3. The van der Waals surface area contributed by atoms with Crippen LogP contribution in [0.4, 0.5) is 4.39 Å². The van der Waals surface area contributed by atoms with Crippen molar-refractivity contribution in [2.75, 3.05) is 13.7 Å². The van der Waals surface area contributed by atoms with E-state index in [-0.39, 0.29) is 5.82 Å². The van der Waals surface area contributed by atoms with Crippen LogP contribution in [0.3, 0.4) is 0 Å². The number of nitrogens with zero attached hydrogens (tertiary/aromatic N) is 4. The summed E-state index contributed by atoms with van der Waals surface area (Å²) >= 11 is 1.43. The lowest BCUT2D eigenvalue weighted by atomic mass is 10.1. The molecule has 0 atom stereocenters. The minimum atomic E-state index is -0.286. The second kappa shape index (κ2) is 9.57. The molecule has 0 N–H and O–H groups in total. The number of rotatable bonds is 8. The SMILES string of the molecule is CCOc1ccc(-c2noc(CSc3ccc(-c4ccc(F)cc4)nn3)n2)cc1OC. The Bertz CT molecular complexity index is 1150. The predicted molar refractivity (Wildman–Crippen MR) is 114 cm³/mol. The number of hydrogen-bond acceptors (Lipinski definition) is 8. The molecule has 0 aliphatic heterocycles. The second-order valence-corrected chi connectivity index (χ2v) is 7.36. The van der Waals surface area contributed by atoms with Gasteiger partial charge in [0.2, 0.25) is 11.7 Å². The monoisotopic (exact) mass is 438 g/mol. The van der Waals surface area contributed by atoms with Crippen molar-refractivity contribution in [2.24, 2.45) is 0 Å². The number of aromatic nitrogens is 4. The Hall–Kier alpha value is -3.46. The quantitative estimate of drug-likeness (QED) is 0.354. The number of hydrogen-bond donors (Lipinski definition) is 0. The van der Waals surface area contributed by atoms with E-state index in [0.29, 0.717) is 46.3 Å². The topological polar surface area (TPSA) is 83.2 Å². The van der Waals surface area contributed by atoms with Gasteiger partial charge in [0.25, 0.3) is 0 Å². The third kappa shape index (κ3) is 5.00. The lowest BCUT2D eigenvalue weighted by Gasteiger charge is -2.09. The summed E-state index contributed by atoms with van der Waals surface area (Å²) in [6.07, 6.45) is 0. The van der Waals surface area contributed by atoms with Gasteiger partial charge in [-0.2, -0.15) is 4.98 Å². The molecule has 158 valence electrons. The van der Waals surface area contributed by atoms with E-state index in [9.17, 15) is 4.39 Å². The molecule has 0 fully saturated rings. The highest BCUT2D eigenvalue weighted by atomic mass is 32.2. The molecular weight excluding hydrogens is 419 g/mol. The van der Waals surface area contributed by atoms with Gasteiger partial charge in [0, 0.05) is 11.1 Å². The van der Waals surface area contributed by atoms with Crippen LogP contribution in [0.25, 0.3) is 22.6 Å². The van der Waals surface area contributed by atoms with Gasteiger partial charge in [-0.05, 0) is 61.5 Å². The maximum absolute atomic E-state index is 13.1. The van der Waals surface area contributed by atoms with E-state index < -0.39 is 0 Å². The lowest BCUT2D eigenvalue weighted by molar-refractivity contribution is 0.311. The van der Waals surface area contributed by atoms with Crippen LogP contribution in [0.1, 0.15) is 12.8 Å². The van der Waals surface area contributed by atoms with Gasteiger partial charge in [0.05, 0.1) is 25.2 Å². The molecule has 0 amide bonds. The van der Waals surface area contributed by atoms with Crippen molar-refractivity contribution in [1.29, 1.82) is 0 Å². The van der Waals surface area contributed by atoms with E-state index in [1.54, 1.807) is 19.2 Å². The number of methoxy groups -OCH3 is 1. The highest BCUT2D eigenvalue weighted by molar-refractivity contribution is 7.98. The molecule has 9 heteroatoms. The van der Waals surface area contributed by atoms with Crippen LogP contribution in [-0.4, -0.2) is 34.1 Å². The zero-order valence-corrected chi connectivity index (χ0v) is 17.7. The van der Waals surface area contributed by atoms with E-state index in [0.717, 1.165) is 11.1 Å². The first-order valence-corrected chi connectivity index (χ1v) is 10.5. The van der Waals surface area contributed by atoms with Crippen LogP contribution < -0.4 is 9.47 Å². The van der Waals surface area contributed by atoms with Crippen LogP contribution >= 0.6 is 11.8 Å². The van der Waals surface area contributed by atoms with Crippen molar-refractivity contribution in [3.63, 3.8) is 0 Å². The fraction of sp³-hybridized carbons (Fsp3) is 0.182. The normalized spacial score (nSPS) is 10.8. The zero-order chi connectivity index (χ0) is 21.6. The molecular formula is C22H19FN4O3S. The van der Waals surface area contributed by atoms with Gasteiger partial charge in [0.1, 0.15) is 10.8 Å². The van der Waals surface area contributed by atoms with Gasteiger partial charge in [-0.3, -0.25) is 0 Å². The first-order chi connectivity index (χ1) is 15.2. The van der Waals surface area contributed by atoms with Crippen molar-refractivity contribution in [3.05, 3.63) is 66.3 Å². The molecule has 0 saturated heterocycles. The van der Waals surface area contributed by atoms with Crippen LogP contribution in [0.2, 0.25) is 0 Å². The fourth-order valence-electron chi connectivity index (χ4n) is 2.82. The molecule has 0 aliphatic carbocycles. The number of halogens is 1. The first kappa shape index (κ1) is 20.8. The van der Waals surface area contributed by atoms with E-state index in [2.05, 4.69) is 20.3 Å². The van der Waals surface area contributed by atoms with Gasteiger partial charge in [-0.15, -0.1) is 10.2 Å². The smallest absolute Gasteiger partial charge is 0.237 e. The van der Waals surface area contributed by atoms with Gasteiger partial charge in [-0.1, -0.05) is 16.9 Å². The van der Waals surface area contributed by atoms with Crippen LogP contribution in [0.5, 0.6) is 11.5 Å². The molecule has 4 aromatic rings. The van der Waals surface area contributed by atoms with E-state index in [4.69, 9.17) is 14.0 Å². The standard InChI is InChI=1S/C22H19FN4O3S/c1-3-29-18-10-6-15(12-19(18)28-2)22-24-20(30-27-22)13-31-21-11-9-17(25-26-21)14-4-7-16(23)8-5-14/h4-12H,3,13H2,1-2H3. The zero-order valence-electron chi connectivity index (χ0n) is 16.9. The maximum atomic E-state index is 13.1. The number of benzene rings is 2. The number of thioether (sulfide) groups is 1. The molecule has 0 bridgehead atoms. The Morgan fingerprint density at radius 3 is 2.48 bits per heavy atom. The Labute approximate surface area is 182 Å². The fourth-order valence-corrected chi connectivity index (χ4v) is 3.47. The van der Waals surface area contributed by atoms with Crippen LogP contribution in [0, 0.1) is 5.82 Å². The summed E-state index contributed by atoms with van der Waals surface area (Å²) in [4.78, 5) is 4.44. The summed E-state index contributed by atoms with van der Waals surface area (Å²) in [5.74, 6) is 2.37. The van der Waals surface area contributed by atoms with E-state index >= 15 is 0 Å². The summed E-state index contributed by atoms with van der Waals surface area (Å²) in [5.41, 5.74) is 2.25. The van der Waals surface area contributed by atoms with Crippen molar-refractivity contribution in [3.8, 4) is 34.1 Å². The Morgan fingerprint density at radius 1 is 0.968 bits per heavy atom. The minimum absolute atomic E-state index is 0.286. The molecule has 31 heavy (non-hydrogen) atoms. The first-order valence-electron chi connectivity index (χ1n) is 9.52. The Balaban J connectivity index is 1.41. The maximum Gasteiger partial charge on any atom is 0.237 e.